The van der Waals surface area contributed by atoms with Gasteiger partial charge in [-0.05, 0) is 24.5 Å². The smallest absolute Gasteiger partial charge is 0.278 e. The maximum absolute atomic E-state index is 11.1. The summed E-state index contributed by atoms with van der Waals surface area (Å²) >= 11 is 0. The molecule has 0 bridgehead atoms. The molecule has 0 aliphatic rings. The first kappa shape index (κ1) is 21.1. The number of hydrogen-bond donors (Lipinski definition) is 0. The monoisotopic (exact) mass is 362 g/mol. The van der Waals surface area contributed by atoms with E-state index in [0.29, 0.717) is 6.54 Å². The van der Waals surface area contributed by atoms with Crippen molar-refractivity contribution < 1.29 is 21.9 Å². The van der Waals surface area contributed by atoms with Crippen LogP contribution in [0.4, 0.5) is 5.69 Å². The number of nitrogens with zero attached hydrogens (tertiary/aromatic N) is 2. The lowest BCUT2D eigenvalue weighted by molar-refractivity contribution is -0.688. The Kier molecular flexibility index (Phi) is 9.78. The van der Waals surface area contributed by atoms with Gasteiger partial charge in [-0.15, -0.1) is 0 Å². The SMILES string of the molecule is CCCCCCCCc1cc[n+](Cc2ccccc2[N+](=O)[O-])cc1.[Cl-]. The van der Waals surface area contributed by atoms with E-state index in [4.69, 9.17) is 0 Å². The summed E-state index contributed by atoms with van der Waals surface area (Å²) in [6.45, 7) is 2.76. The van der Waals surface area contributed by atoms with Crippen molar-refractivity contribution in [2.45, 2.75) is 58.4 Å². The van der Waals surface area contributed by atoms with Crippen molar-refractivity contribution in [2.24, 2.45) is 0 Å². The first-order chi connectivity index (χ1) is 11.7. The molecule has 1 heterocycles. The van der Waals surface area contributed by atoms with Gasteiger partial charge in [-0.2, -0.15) is 0 Å². The quantitative estimate of drug-likeness (QED) is 0.280. The lowest BCUT2D eigenvalue weighted by atomic mass is 10.1. The fourth-order valence-electron chi connectivity index (χ4n) is 2.89. The summed E-state index contributed by atoms with van der Waals surface area (Å²) in [6, 6.07) is 11.2. The van der Waals surface area contributed by atoms with E-state index in [0.717, 1.165) is 12.0 Å². The highest BCUT2D eigenvalue weighted by molar-refractivity contribution is 5.39. The third-order valence-electron chi connectivity index (χ3n) is 4.32. The van der Waals surface area contributed by atoms with Crippen LogP contribution in [0, 0.1) is 10.1 Å². The summed E-state index contributed by atoms with van der Waals surface area (Å²) in [5.41, 5.74) is 2.25. The van der Waals surface area contributed by atoms with E-state index in [-0.39, 0.29) is 23.0 Å². The van der Waals surface area contributed by atoms with Gasteiger partial charge in [0.2, 0.25) is 0 Å². The maximum atomic E-state index is 11.1. The molecule has 5 heteroatoms. The Morgan fingerprint density at radius 3 is 2.28 bits per heavy atom. The van der Waals surface area contributed by atoms with Crippen LogP contribution in [0.25, 0.3) is 0 Å². The van der Waals surface area contributed by atoms with Gasteiger partial charge in [0, 0.05) is 18.2 Å². The summed E-state index contributed by atoms with van der Waals surface area (Å²) < 4.78 is 1.99. The normalized spacial score (nSPS) is 10.3. The van der Waals surface area contributed by atoms with Gasteiger partial charge in [0.25, 0.3) is 5.69 Å². The van der Waals surface area contributed by atoms with Crippen molar-refractivity contribution in [3.63, 3.8) is 0 Å². The highest BCUT2D eigenvalue weighted by Crippen LogP contribution is 2.17. The summed E-state index contributed by atoms with van der Waals surface area (Å²) in [5, 5.41) is 11.1. The van der Waals surface area contributed by atoms with Gasteiger partial charge in [-0.25, -0.2) is 4.57 Å². The second-order valence-corrected chi connectivity index (χ2v) is 6.28. The Labute approximate surface area is 156 Å². The molecule has 0 aliphatic heterocycles. The van der Waals surface area contributed by atoms with Crippen LogP contribution >= 0.6 is 0 Å². The van der Waals surface area contributed by atoms with E-state index in [9.17, 15) is 10.1 Å². The molecule has 0 saturated carbocycles. The lowest BCUT2D eigenvalue weighted by Crippen LogP contribution is -3.00. The largest absolute Gasteiger partial charge is 1.00 e. The first-order valence-electron chi connectivity index (χ1n) is 8.91. The minimum Gasteiger partial charge on any atom is -1.00 e. The number of rotatable bonds is 10. The Morgan fingerprint density at radius 1 is 0.960 bits per heavy atom. The lowest BCUT2D eigenvalue weighted by Gasteiger charge is -2.03. The van der Waals surface area contributed by atoms with E-state index >= 15 is 0 Å². The van der Waals surface area contributed by atoms with Gasteiger partial charge >= 0.3 is 0 Å². The Balaban J connectivity index is 0.00000312. The summed E-state index contributed by atoms with van der Waals surface area (Å²) in [7, 11) is 0. The van der Waals surface area contributed by atoms with Crippen molar-refractivity contribution in [3.05, 3.63) is 70.0 Å². The van der Waals surface area contributed by atoms with Crippen molar-refractivity contribution in [2.75, 3.05) is 0 Å². The van der Waals surface area contributed by atoms with Crippen molar-refractivity contribution in [3.8, 4) is 0 Å². The number of benzene rings is 1. The molecule has 0 aliphatic carbocycles. The molecule has 0 spiro atoms. The minimum atomic E-state index is -0.317. The van der Waals surface area contributed by atoms with E-state index in [1.807, 2.05) is 29.1 Å². The van der Waals surface area contributed by atoms with E-state index in [2.05, 4.69) is 19.1 Å². The van der Waals surface area contributed by atoms with Gasteiger partial charge < -0.3 is 12.4 Å². The van der Waals surface area contributed by atoms with Gasteiger partial charge in [0.1, 0.15) is 0 Å². The Hall–Kier alpha value is -1.94. The van der Waals surface area contributed by atoms with Crippen LogP contribution in [0.3, 0.4) is 0 Å². The van der Waals surface area contributed by atoms with Crippen molar-refractivity contribution in [1.29, 1.82) is 0 Å². The number of hydrogen-bond acceptors (Lipinski definition) is 2. The second-order valence-electron chi connectivity index (χ2n) is 6.28. The molecule has 136 valence electrons. The fraction of sp³-hybridized carbons (Fsp3) is 0.450. The third-order valence-corrected chi connectivity index (χ3v) is 4.32. The molecule has 0 atom stereocenters. The van der Waals surface area contributed by atoms with Crippen molar-refractivity contribution >= 4 is 5.69 Å². The number of aromatic nitrogens is 1. The summed E-state index contributed by atoms with van der Waals surface area (Å²) in [5.74, 6) is 0. The van der Waals surface area contributed by atoms with Crippen molar-refractivity contribution in [1.82, 2.24) is 0 Å². The standard InChI is InChI=1S/C20H27N2O2.ClH/c1-2-3-4-5-6-7-10-18-13-15-21(16-14-18)17-19-11-8-9-12-20(19)22(23)24;/h8-9,11-16H,2-7,10,17H2,1H3;1H/q+1;/p-1. The molecule has 0 fully saturated rings. The van der Waals surface area contributed by atoms with Crippen LogP contribution < -0.4 is 17.0 Å². The second kappa shape index (κ2) is 11.6. The number of pyridine rings is 1. The van der Waals surface area contributed by atoms with E-state index in [1.165, 1.54) is 44.1 Å². The number of nitro benzene ring substituents is 1. The highest BCUT2D eigenvalue weighted by Gasteiger charge is 2.15. The van der Waals surface area contributed by atoms with Gasteiger partial charge in [-0.1, -0.05) is 51.2 Å². The summed E-state index contributed by atoms with van der Waals surface area (Å²) in [4.78, 5) is 10.8. The number of aryl methyl sites for hydroxylation is 1. The minimum absolute atomic E-state index is 0. The average molecular weight is 363 g/mol. The maximum Gasteiger partial charge on any atom is 0.278 e. The molecule has 4 nitrogen and oxygen atoms in total. The van der Waals surface area contributed by atoms with Gasteiger partial charge in [0.15, 0.2) is 18.9 Å². The molecule has 0 saturated heterocycles. The number of unbranched alkanes of at least 4 members (excludes halogenated alkanes) is 5. The first-order valence-corrected chi connectivity index (χ1v) is 8.91. The molecular weight excluding hydrogens is 336 g/mol. The molecule has 25 heavy (non-hydrogen) atoms. The zero-order valence-corrected chi connectivity index (χ0v) is 15.6. The summed E-state index contributed by atoms with van der Waals surface area (Å²) in [6.07, 6.45) is 13.0. The number of nitro groups is 1. The van der Waals surface area contributed by atoms with Crippen LogP contribution in [-0.4, -0.2) is 4.92 Å². The molecule has 1 aromatic heterocycles. The number of para-hydroxylation sites is 1. The molecule has 2 rings (SSSR count). The molecule has 1 aromatic carbocycles. The Morgan fingerprint density at radius 2 is 1.60 bits per heavy atom. The van der Waals surface area contributed by atoms with E-state index < -0.39 is 0 Å². The fourth-order valence-corrected chi connectivity index (χ4v) is 2.89. The zero-order chi connectivity index (χ0) is 17.2. The van der Waals surface area contributed by atoms with Crippen LogP contribution in [-0.2, 0) is 13.0 Å². The molecule has 0 amide bonds. The van der Waals surface area contributed by atoms with E-state index in [1.54, 1.807) is 12.1 Å². The van der Waals surface area contributed by atoms with Crippen LogP contribution in [0.1, 0.15) is 56.6 Å². The molecule has 0 N–H and O–H groups in total. The Bertz CT molecular complexity index is 644. The molecular formula is C20H27ClN2O2. The van der Waals surface area contributed by atoms with Gasteiger partial charge in [-0.3, -0.25) is 10.1 Å². The van der Waals surface area contributed by atoms with Crippen LogP contribution in [0.5, 0.6) is 0 Å². The molecule has 0 unspecified atom stereocenters. The average Bonchev–Trinajstić information content (AvgIpc) is 2.60. The predicted octanol–water partition coefficient (Wildman–Crippen LogP) is 1.84. The third kappa shape index (κ3) is 7.22. The molecule has 0 radical (unpaired) electrons. The molecule has 2 aromatic rings. The highest BCUT2D eigenvalue weighted by atomic mass is 35.5. The predicted molar refractivity (Wildman–Crippen MR) is 95.9 cm³/mol. The van der Waals surface area contributed by atoms with Gasteiger partial charge in [0.05, 0.1) is 10.5 Å². The topological polar surface area (TPSA) is 47.0 Å². The zero-order valence-electron chi connectivity index (χ0n) is 14.9. The van der Waals surface area contributed by atoms with Crippen LogP contribution in [0.15, 0.2) is 48.8 Å². The van der Waals surface area contributed by atoms with Crippen LogP contribution in [0.2, 0.25) is 0 Å². The number of halogens is 1.